The molecular weight excluding hydrogens is 232 g/mol. The summed E-state index contributed by atoms with van der Waals surface area (Å²) in [6.45, 7) is 5.89. The van der Waals surface area contributed by atoms with Crippen molar-refractivity contribution in [1.29, 1.82) is 0 Å². The van der Waals surface area contributed by atoms with E-state index < -0.39 is 5.43 Å². The summed E-state index contributed by atoms with van der Waals surface area (Å²) in [6.07, 6.45) is 0. The van der Waals surface area contributed by atoms with Crippen molar-refractivity contribution in [2.75, 3.05) is 25.0 Å². The number of hydrogen-bond acceptors (Lipinski definition) is 4. The van der Waals surface area contributed by atoms with E-state index in [0.717, 1.165) is 13.1 Å². The molecule has 0 aliphatic heterocycles. The second-order valence-electron chi connectivity index (χ2n) is 3.88. The van der Waals surface area contributed by atoms with E-state index in [2.05, 4.69) is 5.32 Å². The molecule has 0 aromatic heterocycles. The van der Waals surface area contributed by atoms with Crippen LogP contribution in [-0.2, 0) is 4.79 Å². The van der Waals surface area contributed by atoms with E-state index in [1.807, 2.05) is 18.7 Å². The highest BCUT2D eigenvalue weighted by atomic mass is 16.3. The van der Waals surface area contributed by atoms with Gasteiger partial charge in [-0.25, -0.2) is 0 Å². The Morgan fingerprint density at radius 1 is 1.22 bits per heavy atom. The van der Waals surface area contributed by atoms with Gasteiger partial charge in [-0.05, 0) is 37.4 Å². The zero-order valence-corrected chi connectivity index (χ0v) is 10.6. The Kier molecular flexibility index (Phi) is 5.32. The van der Waals surface area contributed by atoms with Crippen LogP contribution < -0.4 is 10.7 Å². The Balaban J connectivity index is 2.71. The third kappa shape index (κ3) is 4.18. The maximum absolute atomic E-state index is 11.7. The van der Waals surface area contributed by atoms with E-state index in [1.54, 1.807) is 0 Å². The molecule has 0 saturated carbocycles. The minimum atomic E-state index is -0.473. The van der Waals surface area contributed by atoms with Crippen LogP contribution in [0.4, 0.5) is 5.69 Å². The third-order valence-electron chi connectivity index (χ3n) is 2.63. The van der Waals surface area contributed by atoms with Gasteiger partial charge in [0.25, 0.3) is 0 Å². The zero-order valence-electron chi connectivity index (χ0n) is 10.6. The lowest BCUT2D eigenvalue weighted by Crippen LogP contribution is -2.32. The quantitative estimate of drug-likeness (QED) is 0.819. The van der Waals surface area contributed by atoms with Crippen molar-refractivity contribution in [2.24, 2.45) is 0 Å². The average Bonchev–Trinajstić information content (AvgIpc) is 2.51. The summed E-state index contributed by atoms with van der Waals surface area (Å²) in [4.78, 5) is 24.9. The molecule has 0 radical (unpaired) electrons. The molecule has 2 N–H and O–H groups in total. The van der Waals surface area contributed by atoms with Gasteiger partial charge >= 0.3 is 0 Å². The van der Waals surface area contributed by atoms with Crippen LogP contribution in [0, 0.1) is 0 Å². The fourth-order valence-corrected chi connectivity index (χ4v) is 1.49. The lowest BCUT2D eigenvalue weighted by Gasteiger charge is -2.16. The molecule has 18 heavy (non-hydrogen) atoms. The molecule has 5 nitrogen and oxygen atoms in total. The number of nitrogens with one attached hydrogen (secondary N) is 1. The number of carbonyl (C=O) groups is 1. The van der Waals surface area contributed by atoms with E-state index in [0.29, 0.717) is 12.2 Å². The third-order valence-corrected chi connectivity index (χ3v) is 2.63. The smallest absolute Gasteiger partial charge is 0.238 e. The Bertz CT molecular complexity index is 470. The van der Waals surface area contributed by atoms with E-state index in [1.165, 1.54) is 24.3 Å². The van der Waals surface area contributed by atoms with Crippen LogP contribution in [0.2, 0.25) is 0 Å². The van der Waals surface area contributed by atoms with Crippen LogP contribution in [0.25, 0.3) is 0 Å². The monoisotopic (exact) mass is 250 g/mol. The number of anilines is 1. The van der Waals surface area contributed by atoms with Gasteiger partial charge in [0.1, 0.15) is 0 Å². The van der Waals surface area contributed by atoms with Crippen molar-refractivity contribution in [3.63, 3.8) is 0 Å². The van der Waals surface area contributed by atoms with Crippen molar-refractivity contribution < 1.29 is 9.90 Å². The predicted molar refractivity (Wildman–Crippen MR) is 70.8 cm³/mol. The largest absolute Gasteiger partial charge is 0.504 e. The first-order valence-electron chi connectivity index (χ1n) is 5.92. The van der Waals surface area contributed by atoms with Crippen LogP contribution in [0.3, 0.4) is 0 Å². The summed E-state index contributed by atoms with van der Waals surface area (Å²) in [5, 5.41) is 11.9. The Hall–Kier alpha value is -1.88. The Labute approximate surface area is 106 Å². The number of nitrogens with zero attached hydrogens (tertiary/aromatic N) is 1. The highest BCUT2D eigenvalue weighted by molar-refractivity contribution is 5.92. The molecule has 1 amide bonds. The highest BCUT2D eigenvalue weighted by Crippen LogP contribution is 2.07. The van der Waals surface area contributed by atoms with Crippen LogP contribution in [0.15, 0.2) is 29.1 Å². The summed E-state index contributed by atoms with van der Waals surface area (Å²) in [5.74, 6) is -0.476. The summed E-state index contributed by atoms with van der Waals surface area (Å²) < 4.78 is 0. The molecule has 0 spiro atoms. The summed E-state index contributed by atoms with van der Waals surface area (Å²) in [7, 11) is 0. The van der Waals surface area contributed by atoms with Crippen LogP contribution >= 0.6 is 0 Å². The van der Waals surface area contributed by atoms with Gasteiger partial charge in [0.2, 0.25) is 11.3 Å². The first-order valence-corrected chi connectivity index (χ1v) is 5.92. The van der Waals surface area contributed by atoms with Crippen molar-refractivity contribution in [3.05, 3.63) is 34.5 Å². The molecule has 98 valence electrons. The fourth-order valence-electron chi connectivity index (χ4n) is 1.49. The normalized spacial score (nSPS) is 10.4. The van der Waals surface area contributed by atoms with E-state index in [4.69, 9.17) is 0 Å². The van der Waals surface area contributed by atoms with E-state index in [9.17, 15) is 14.7 Å². The second-order valence-corrected chi connectivity index (χ2v) is 3.88. The summed E-state index contributed by atoms with van der Waals surface area (Å²) in [6, 6.07) is 5.47. The number of aromatic hydroxyl groups is 1. The standard InChI is InChI=1S/C13H18N2O3/c1-3-15(4-2)9-13(18)14-10-5-7-11(16)12(17)8-6-10/h5-8H,3-4,9H2,1-2H3,(H,14,18)(H,16,17). The molecule has 0 aliphatic carbocycles. The molecule has 1 rings (SSSR count). The van der Waals surface area contributed by atoms with Crippen molar-refractivity contribution in [3.8, 4) is 5.75 Å². The minimum absolute atomic E-state index is 0.142. The molecule has 0 atom stereocenters. The first kappa shape index (κ1) is 14.2. The van der Waals surface area contributed by atoms with Gasteiger partial charge in [0.15, 0.2) is 5.75 Å². The Morgan fingerprint density at radius 3 is 2.44 bits per heavy atom. The van der Waals surface area contributed by atoms with Gasteiger partial charge in [-0.3, -0.25) is 14.5 Å². The molecule has 0 aliphatic rings. The molecule has 0 bridgehead atoms. The fraction of sp³-hybridized carbons (Fsp3) is 0.385. The maximum Gasteiger partial charge on any atom is 0.238 e. The van der Waals surface area contributed by atoms with Gasteiger partial charge in [-0.15, -0.1) is 0 Å². The number of rotatable bonds is 5. The number of amides is 1. The molecular formula is C13H18N2O3. The van der Waals surface area contributed by atoms with Crippen LogP contribution in [0.1, 0.15) is 13.8 Å². The molecule has 5 heteroatoms. The number of hydrogen-bond donors (Lipinski definition) is 2. The topological polar surface area (TPSA) is 69.6 Å². The minimum Gasteiger partial charge on any atom is -0.504 e. The molecule has 0 fully saturated rings. The van der Waals surface area contributed by atoms with Crippen molar-refractivity contribution in [1.82, 2.24) is 4.90 Å². The van der Waals surface area contributed by atoms with Gasteiger partial charge in [0.05, 0.1) is 6.54 Å². The predicted octanol–water partition coefficient (Wildman–Crippen LogP) is 1.03. The van der Waals surface area contributed by atoms with Crippen molar-refractivity contribution in [2.45, 2.75) is 13.8 Å². The van der Waals surface area contributed by atoms with Crippen LogP contribution in [0.5, 0.6) is 5.75 Å². The highest BCUT2D eigenvalue weighted by Gasteiger charge is 2.07. The van der Waals surface area contributed by atoms with Crippen LogP contribution in [-0.4, -0.2) is 35.5 Å². The maximum atomic E-state index is 11.7. The Morgan fingerprint density at radius 2 is 1.83 bits per heavy atom. The molecule has 1 aromatic rings. The zero-order chi connectivity index (χ0) is 13.5. The molecule has 0 unspecified atom stereocenters. The molecule has 1 aromatic carbocycles. The van der Waals surface area contributed by atoms with Crippen molar-refractivity contribution >= 4 is 11.6 Å². The van der Waals surface area contributed by atoms with Gasteiger partial charge in [-0.1, -0.05) is 13.8 Å². The van der Waals surface area contributed by atoms with Gasteiger partial charge in [-0.2, -0.15) is 0 Å². The number of likely N-dealkylation sites (N-methyl/N-ethyl adjacent to an activating group) is 1. The van der Waals surface area contributed by atoms with Gasteiger partial charge < -0.3 is 10.4 Å². The molecule has 0 saturated heterocycles. The van der Waals surface area contributed by atoms with E-state index >= 15 is 0 Å². The van der Waals surface area contributed by atoms with Gasteiger partial charge in [0, 0.05) is 5.69 Å². The molecule has 0 heterocycles. The second kappa shape index (κ2) is 6.76. The van der Waals surface area contributed by atoms with E-state index in [-0.39, 0.29) is 11.7 Å². The first-order chi connectivity index (χ1) is 8.56. The summed E-state index contributed by atoms with van der Waals surface area (Å²) >= 11 is 0. The lowest BCUT2D eigenvalue weighted by atomic mass is 10.4. The average molecular weight is 250 g/mol. The lowest BCUT2D eigenvalue weighted by molar-refractivity contribution is -0.117. The summed E-state index contributed by atoms with van der Waals surface area (Å²) in [5.41, 5.74) is 0.0174. The number of carbonyl (C=O) groups excluding carboxylic acids is 1. The SMILES string of the molecule is CCN(CC)CC(=O)Nc1ccc(O)c(=O)cc1.